The molecule has 6 rings (SSSR count). The molecule has 4 heteroatoms. The van der Waals surface area contributed by atoms with E-state index in [1.165, 1.54) is 32.7 Å². The van der Waals surface area contributed by atoms with Crippen molar-refractivity contribution in [1.82, 2.24) is 10.3 Å². The molecule has 1 aliphatic carbocycles. The zero-order valence-electron chi connectivity index (χ0n) is 18.7. The quantitative estimate of drug-likeness (QED) is 0.396. The Morgan fingerprint density at radius 1 is 0.765 bits per heavy atom. The van der Waals surface area contributed by atoms with Crippen LogP contribution in [0.1, 0.15) is 21.6 Å². The van der Waals surface area contributed by atoms with Crippen LogP contribution in [-0.4, -0.2) is 28.1 Å². The normalized spacial score (nSPS) is 14.3. The van der Waals surface area contributed by atoms with E-state index in [1.807, 2.05) is 0 Å². The molecule has 2 N–H and O–H groups in total. The summed E-state index contributed by atoms with van der Waals surface area (Å²) < 4.78 is 0. The summed E-state index contributed by atoms with van der Waals surface area (Å²) in [6.07, 6.45) is 2.65. The Balaban J connectivity index is 1.60. The lowest BCUT2D eigenvalue weighted by Crippen LogP contribution is -2.54. The van der Waals surface area contributed by atoms with E-state index >= 15 is 0 Å². The van der Waals surface area contributed by atoms with Gasteiger partial charge in [-0.1, -0.05) is 78.9 Å². The van der Waals surface area contributed by atoms with Gasteiger partial charge in [-0.25, -0.2) is 0 Å². The van der Waals surface area contributed by atoms with Crippen molar-refractivity contribution in [1.29, 1.82) is 0 Å². The number of aliphatic hydroxyl groups is 1. The van der Waals surface area contributed by atoms with E-state index in [2.05, 4.69) is 83.1 Å². The number of nitrogens with one attached hydrogen (secondary N) is 1. The molecular formula is C30H24N2O2. The third-order valence-corrected chi connectivity index (χ3v) is 6.92. The summed E-state index contributed by atoms with van der Waals surface area (Å²) in [5, 5.41) is 18.6. The number of fused-ring (bicyclic) bond motifs is 7. The van der Waals surface area contributed by atoms with E-state index in [9.17, 15) is 9.90 Å². The van der Waals surface area contributed by atoms with Crippen molar-refractivity contribution >= 4 is 27.5 Å². The van der Waals surface area contributed by atoms with Crippen LogP contribution in [0.5, 0.6) is 0 Å². The SMILES string of the molecule is O=C(NC1(CO)Cc2ccc3ccccc3c2-c2c(ccc3ccccc23)C1)c1ccccn1. The van der Waals surface area contributed by atoms with Crippen LogP contribution in [-0.2, 0) is 12.8 Å². The van der Waals surface area contributed by atoms with Crippen molar-refractivity contribution in [3.63, 3.8) is 0 Å². The van der Waals surface area contributed by atoms with Gasteiger partial charge in [-0.2, -0.15) is 0 Å². The fourth-order valence-electron chi connectivity index (χ4n) is 5.35. The second kappa shape index (κ2) is 8.08. The summed E-state index contributed by atoms with van der Waals surface area (Å²) >= 11 is 0. The van der Waals surface area contributed by atoms with E-state index in [4.69, 9.17) is 0 Å². The highest BCUT2D eigenvalue weighted by atomic mass is 16.3. The largest absolute Gasteiger partial charge is 0.394 e. The number of aromatic nitrogens is 1. The number of aliphatic hydroxyl groups excluding tert-OH is 1. The Morgan fingerprint density at radius 3 is 1.85 bits per heavy atom. The zero-order valence-corrected chi connectivity index (χ0v) is 18.7. The third kappa shape index (κ3) is 3.35. The Kier molecular flexibility index (Phi) is 4.89. The van der Waals surface area contributed by atoms with Crippen molar-refractivity contribution in [2.24, 2.45) is 0 Å². The van der Waals surface area contributed by atoms with Gasteiger partial charge in [0.2, 0.25) is 0 Å². The zero-order chi connectivity index (χ0) is 23.1. The van der Waals surface area contributed by atoms with Crippen LogP contribution in [0.2, 0.25) is 0 Å². The molecule has 0 fully saturated rings. The standard InChI is InChI=1S/C30H24N2O2/c33-19-30(32-29(34)26-11-5-6-16-31-26)17-22-14-12-20-7-1-3-9-24(20)27(22)28-23(18-30)15-13-21-8-2-4-10-25(21)28/h1-16,33H,17-19H2,(H,32,34). The lowest BCUT2D eigenvalue weighted by molar-refractivity contribution is 0.0826. The molecule has 5 aromatic rings. The maximum absolute atomic E-state index is 13.2. The first-order valence-corrected chi connectivity index (χ1v) is 11.5. The fourth-order valence-corrected chi connectivity index (χ4v) is 5.35. The second-order valence-electron chi connectivity index (χ2n) is 9.10. The summed E-state index contributed by atoms with van der Waals surface area (Å²) in [7, 11) is 0. The van der Waals surface area contributed by atoms with E-state index < -0.39 is 5.54 Å². The van der Waals surface area contributed by atoms with Crippen LogP contribution in [0.3, 0.4) is 0 Å². The molecule has 0 atom stereocenters. The summed E-state index contributed by atoms with van der Waals surface area (Å²) in [4.78, 5) is 17.4. The number of pyridine rings is 1. The van der Waals surface area contributed by atoms with Gasteiger partial charge in [0.1, 0.15) is 5.69 Å². The van der Waals surface area contributed by atoms with Crippen LogP contribution in [0.15, 0.2) is 97.2 Å². The number of benzene rings is 4. The van der Waals surface area contributed by atoms with Crippen LogP contribution in [0, 0.1) is 0 Å². The van der Waals surface area contributed by atoms with Gasteiger partial charge in [-0.15, -0.1) is 0 Å². The Morgan fingerprint density at radius 2 is 1.32 bits per heavy atom. The average molecular weight is 445 g/mol. The smallest absolute Gasteiger partial charge is 0.270 e. The first kappa shape index (κ1) is 20.6. The van der Waals surface area contributed by atoms with E-state index in [1.54, 1.807) is 24.4 Å². The van der Waals surface area contributed by atoms with Gasteiger partial charge < -0.3 is 10.4 Å². The number of carbonyl (C=O) groups excluding carboxylic acids is 1. The van der Waals surface area contributed by atoms with Crippen LogP contribution >= 0.6 is 0 Å². The van der Waals surface area contributed by atoms with Gasteiger partial charge in [-0.05, 0) is 68.8 Å². The Hall–Kier alpha value is -4.02. The molecule has 1 aliphatic rings. The molecule has 1 heterocycles. The van der Waals surface area contributed by atoms with E-state index in [-0.39, 0.29) is 12.5 Å². The van der Waals surface area contributed by atoms with Gasteiger partial charge >= 0.3 is 0 Å². The predicted molar refractivity (Wildman–Crippen MR) is 136 cm³/mol. The number of hydrogen-bond donors (Lipinski definition) is 2. The molecule has 0 bridgehead atoms. The molecule has 0 aliphatic heterocycles. The molecule has 0 spiro atoms. The molecule has 34 heavy (non-hydrogen) atoms. The minimum absolute atomic E-state index is 0.176. The maximum atomic E-state index is 13.2. The van der Waals surface area contributed by atoms with E-state index in [0.717, 1.165) is 11.1 Å². The topological polar surface area (TPSA) is 62.2 Å². The minimum Gasteiger partial charge on any atom is -0.394 e. The monoisotopic (exact) mass is 444 g/mol. The van der Waals surface area contributed by atoms with Gasteiger partial charge in [0.15, 0.2) is 0 Å². The number of hydrogen-bond acceptors (Lipinski definition) is 3. The number of nitrogens with zero attached hydrogens (tertiary/aromatic N) is 1. The first-order valence-electron chi connectivity index (χ1n) is 11.5. The van der Waals surface area contributed by atoms with Gasteiger partial charge in [-0.3, -0.25) is 9.78 Å². The second-order valence-corrected chi connectivity index (χ2v) is 9.10. The van der Waals surface area contributed by atoms with Gasteiger partial charge in [0, 0.05) is 6.20 Å². The molecule has 0 unspecified atom stereocenters. The molecular weight excluding hydrogens is 420 g/mol. The Labute approximate surface area is 197 Å². The van der Waals surface area contributed by atoms with Crippen molar-refractivity contribution in [2.45, 2.75) is 18.4 Å². The van der Waals surface area contributed by atoms with Crippen LogP contribution < -0.4 is 5.32 Å². The van der Waals surface area contributed by atoms with Crippen LogP contribution in [0.25, 0.3) is 32.7 Å². The summed E-state index contributed by atoms with van der Waals surface area (Å²) in [5.41, 5.74) is 4.10. The lowest BCUT2D eigenvalue weighted by atomic mass is 9.86. The molecule has 4 aromatic carbocycles. The summed E-state index contributed by atoms with van der Waals surface area (Å²) in [6, 6.07) is 30.7. The highest BCUT2D eigenvalue weighted by Crippen LogP contribution is 2.43. The third-order valence-electron chi connectivity index (χ3n) is 6.92. The number of rotatable bonds is 3. The Bertz CT molecular complexity index is 1460. The molecule has 0 saturated heterocycles. The van der Waals surface area contributed by atoms with Crippen molar-refractivity contribution < 1.29 is 9.90 Å². The fraction of sp³-hybridized carbons (Fsp3) is 0.133. The molecule has 166 valence electrons. The van der Waals surface area contributed by atoms with Crippen molar-refractivity contribution in [3.8, 4) is 11.1 Å². The highest BCUT2D eigenvalue weighted by Gasteiger charge is 2.37. The molecule has 0 saturated carbocycles. The summed E-state index contributed by atoms with van der Waals surface area (Å²) in [6.45, 7) is -0.176. The predicted octanol–water partition coefficient (Wildman–Crippen LogP) is 5.31. The molecule has 1 aromatic heterocycles. The van der Waals surface area contributed by atoms with Gasteiger partial charge in [0.05, 0.1) is 12.1 Å². The number of carbonyl (C=O) groups is 1. The maximum Gasteiger partial charge on any atom is 0.270 e. The average Bonchev–Trinajstić information content (AvgIpc) is 3.04. The minimum atomic E-state index is -0.848. The van der Waals surface area contributed by atoms with Crippen molar-refractivity contribution in [2.75, 3.05) is 6.61 Å². The summed E-state index contributed by atoms with van der Waals surface area (Å²) in [5.74, 6) is -0.277. The number of amides is 1. The van der Waals surface area contributed by atoms with E-state index in [0.29, 0.717) is 18.5 Å². The molecule has 4 nitrogen and oxygen atoms in total. The van der Waals surface area contributed by atoms with Gasteiger partial charge in [0.25, 0.3) is 5.91 Å². The lowest BCUT2D eigenvalue weighted by Gasteiger charge is -2.32. The highest BCUT2D eigenvalue weighted by molar-refractivity contribution is 6.08. The molecule has 1 amide bonds. The molecule has 0 radical (unpaired) electrons. The van der Waals surface area contributed by atoms with Crippen molar-refractivity contribution in [3.05, 3.63) is 114 Å². The van der Waals surface area contributed by atoms with Crippen LogP contribution in [0.4, 0.5) is 0 Å². The first-order chi connectivity index (χ1) is 16.7.